The maximum Gasteiger partial charge on any atom is 0.159 e. The fraction of sp³-hybridized carbons (Fsp3) is 0.250. The molecule has 0 bridgehead atoms. The number of rotatable bonds is 4. The molecule has 0 amide bonds. The smallest absolute Gasteiger partial charge is 0.159 e. The van der Waals surface area contributed by atoms with Crippen molar-refractivity contribution in [3.8, 4) is 0 Å². The molecule has 3 aromatic rings. The second kappa shape index (κ2) is 7.22. The first-order chi connectivity index (χ1) is 12.4. The van der Waals surface area contributed by atoms with Crippen molar-refractivity contribution < 1.29 is 5.11 Å². The van der Waals surface area contributed by atoms with E-state index in [-0.39, 0.29) is 5.04 Å². The third kappa shape index (κ3) is 3.15. The van der Waals surface area contributed by atoms with Crippen molar-refractivity contribution in [2.24, 2.45) is 0 Å². The van der Waals surface area contributed by atoms with Crippen LogP contribution in [0.3, 0.4) is 0 Å². The molecule has 0 aliphatic heterocycles. The Labute approximate surface area is 158 Å². The second-order valence-electron chi connectivity index (χ2n) is 8.11. The molecule has 1 atom stereocenters. The molecule has 1 nitrogen and oxygen atoms in total. The second-order valence-corrected chi connectivity index (χ2v) is 12.9. The lowest BCUT2D eigenvalue weighted by atomic mass is 10.1. The lowest BCUT2D eigenvalue weighted by Gasteiger charge is -2.47. The summed E-state index contributed by atoms with van der Waals surface area (Å²) >= 11 is 0. The molecule has 26 heavy (non-hydrogen) atoms. The van der Waals surface area contributed by atoms with Crippen LogP contribution in [0.1, 0.15) is 37.6 Å². The Balaban J connectivity index is 2.34. The average molecular weight is 361 g/mol. The molecule has 0 saturated carbocycles. The fourth-order valence-electron chi connectivity index (χ4n) is 4.25. The van der Waals surface area contributed by atoms with Crippen LogP contribution in [0.15, 0.2) is 84.9 Å². The van der Waals surface area contributed by atoms with Crippen LogP contribution in [-0.4, -0.2) is 13.2 Å². The van der Waals surface area contributed by atoms with Gasteiger partial charge in [-0.15, -0.1) is 0 Å². The minimum atomic E-state index is -2.56. The van der Waals surface area contributed by atoms with Crippen LogP contribution < -0.4 is 10.4 Å². The predicted molar refractivity (Wildman–Crippen MR) is 114 cm³/mol. The molecule has 3 rings (SSSR count). The van der Waals surface area contributed by atoms with Gasteiger partial charge in [-0.05, 0) is 17.5 Å². The van der Waals surface area contributed by atoms with Crippen molar-refractivity contribution in [1.29, 1.82) is 0 Å². The van der Waals surface area contributed by atoms with Crippen molar-refractivity contribution in [2.75, 3.05) is 0 Å². The van der Waals surface area contributed by atoms with E-state index in [9.17, 15) is 5.11 Å². The molecule has 2 heteroatoms. The summed E-state index contributed by atoms with van der Waals surface area (Å²) in [5.41, 5.74) is 1.67. The Morgan fingerprint density at radius 3 is 1.65 bits per heavy atom. The largest absolute Gasteiger partial charge is 0.391 e. The number of aryl methyl sites for hydroxylation is 1. The minimum absolute atomic E-state index is 0.0706. The van der Waals surface area contributed by atoms with Gasteiger partial charge in [-0.1, -0.05) is 122 Å². The van der Waals surface area contributed by atoms with Crippen LogP contribution in [0.5, 0.6) is 0 Å². The van der Waals surface area contributed by atoms with Crippen molar-refractivity contribution >= 4 is 18.4 Å². The zero-order chi connectivity index (χ0) is 18.8. The number of aliphatic hydroxyl groups is 1. The van der Waals surface area contributed by atoms with Crippen molar-refractivity contribution in [3.63, 3.8) is 0 Å². The van der Waals surface area contributed by atoms with Crippen molar-refractivity contribution in [3.05, 3.63) is 96.1 Å². The quantitative estimate of drug-likeness (QED) is 0.673. The zero-order valence-corrected chi connectivity index (χ0v) is 17.1. The Bertz CT molecular complexity index is 811. The van der Waals surface area contributed by atoms with Crippen LogP contribution >= 0.6 is 0 Å². The summed E-state index contributed by atoms with van der Waals surface area (Å²) < 4.78 is 0. The highest BCUT2D eigenvalue weighted by molar-refractivity contribution is 7.04. The molecule has 0 heterocycles. The van der Waals surface area contributed by atoms with E-state index in [0.717, 1.165) is 5.56 Å². The highest BCUT2D eigenvalue weighted by Crippen LogP contribution is 2.43. The Kier molecular flexibility index (Phi) is 5.17. The lowest BCUT2D eigenvalue weighted by Crippen LogP contribution is -2.68. The summed E-state index contributed by atoms with van der Waals surface area (Å²) in [5.74, 6) is 0. The zero-order valence-electron chi connectivity index (χ0n) is 16.1. The summed E-state index contributed by atoms with van der Waals surface area (Å²) in [4.78, 5) is 0. The van der Waals surface area contributed by atoms with Gasteiger partial charge in [-0.3, -0.25) is 0 Å². The normalized spacial score (nSPS) is 13.4. The Morgan fingerprint density at radius 2 is 1.23 bits per heavy atom. The summed E-state index contributed by atoms with van der Waals surface area (Å²) in [6.45, 7) is 8.91. The summed E-state index contributed by atoms with van der Waals surface area (Å²) in [6.07, 6.45) is 0. The molecule has 1 unspecified atom stereocenters. The van der Waals surface area contributed by atoms with E-state index in [1.165, 1.54) is 15.9 Å². The van der Waals surface area contributed by atoms with E-state index in [1.807, 2.05) is 6.07 Å². The molecular weight excluding hydrogens is 332 g/mol. The summed E-state index contributed by atoms with van der Waals surface area (Å²) in [7, 11) is -2.56. The van der Waals surface area contributed by atoms with Crippen LogP contribution in [0, 0.1) is 6.92 Å². The molecule has 0 radical (unpaired) electrons. The van der Waals surface area contributed by atoms with E-state index in [0.29, 0.717) is 0 Å². The molecule has 134 valence electrons. The first-order valence-electron chi connectivity index (χ1n) is 9.23. The van der Waals surface area contributed by atoms with Gasteiger partial charge in [-0.25, -0.2) is 0 Å². The van der Waals surface area contributed by atoms with Gasteiger partial charge in [0.1, 0.15) is 0 Å². The number of benzene rings is 3. The molecule has 0 spiro atoms. The highest BCUT2D eigenvalue weighted by atomic mass is 28.3. The summed E-state index contributed by atoms with van der Waals surface area (Å²) in [6, 6.07) is 29.6. The van der Waals surface area contributed by atoms with Crippen LogP contribution in [-0.2, 0) is 0 Å². The molecule has 0 saturated heterocycles. The van der Waals surface area contributed by atoms with Gasteiger partial charge >= 0.3 is 0 Å². The minimum Gasteiger partial charge on any atom is -0.391 e. The highest BCUT2D eigenvalue weighted by Gasteiger charge is 2.53. The maximum absolute atomic E-state index is 11.9. The van der Waals surface area contributed by atoms with Gasteiger partial charge in [0.05, 0.1) is 5.73 Å². The Morgan fingerprint density at radius 1 is 0.731 bits per heavy atom. The number of aliphatic hydroxyl groups excluding tert-OH is 1. The predicted octanol–water partition coefficient (Wildman–Crippen LogP) is 4.63. The average Bonchev–Trinajstić information content (AvgIpc) is 2.63. The third-order valence-corrected chi connectivity index (χ3v) is 11.4. The molecule has 0 aromatic heterocycles. The maximum atomic E-state index is 11.9. The van der Waals surface area contributed by atoms with Gasteiger partial charge in [0.25, 0.3) is 0 Å². The monoisotopic (exact) mass is 360 g/mol. The van der Waals surface area contributed by atoms with Gasteiger partial charge in [-0.2, -0.15) is 0 Å². The van der Waals surface area contributed by atoms with Gasteiger partial charge in [0.15, 0.2) is 8.07 Å². The summed E-state index contributed by atoms with van der Waals surface area (Å²) in [5, 5.41) is 14.3. The number of hydrogen-bond donors (Lipinski definition) is 1. The first kappa shape index (κ1) is 18.6. The fourth-order valence-corrected chi connectivity index (χ4v) is 9.88. The van der Waals surface area contributed by atoms with Crippen molar-refractivity contribution in [2.45, 2.75) is 38.5 Å². The van der Waals surface area contributed by atoms with E-state index >= 15 is 0 Å². The van der Waals surface area contributed by atoms with Gasteiger partial charge in [0, 0.05) is 0 Å². The van der Waals surface area contributed by atoms with Gasteiger partial charge in [0.2, 0.25) is 0 Å². The van der Waals surface area contributed by atoms with Crippen LogP contribution in [0.4, 0.5) is 0 Å². The molecule has 3 aromatic carbocycles. The van der Waals surface area contributed by atoms with E-state index in [4.69, 9.17) is 0 Å². The third-order valence-electron chi connectivity index (χ3n) is 5.41. The first-order valence-corrected chi connectivity index (χ1v) is 11.3. The number of hydrogen-bond acceptors (Lipinski definition) is 1. The van der Waals surface area contributed by atoms with Crippen molar-refractivity contribution in [1.82, 2.24) is 0 Å². The molecule has 0 aliphatic rings. The van der Waals surface area contributed by atoms with E-state index < -0.39 is 13.8 Å². The van der Waals surface area contributed by atoms with Gasteiger partial charge < -0.3 is 5.11 Å². The van der Waals surface area contributed by atoms with Crippen LogP contribution in [0.25, 0.3) is 0 Å². The van der Waals surface area contributed by atoms with E-state index in [1.54, 1.807) is 0 Å². The SMILES string of the molecule is Cc1cccc(C(O)[Si](c2ccccc2)(c2ccccc2)C(C)(C)C)c1. The topological polar surface area (TPSA) is 20.2 Å². The lowest BCUT2D eigenvalue weighted by molar-refractivity contribution is 0.246. The standard InChI is InChI=1S/C24H28OSi/c1-19-12-11-13-20(18-19)23(25)26(24(2,3)4,21-14-7-5-8-15-21)22-16-9-6-10-17-22/h5-18,23,25H,1-4H3. The Hall–Kier alpha value is -2.16. The molecule has 1 N–H and O–H groups in total. The molecule has 0 aliphatic carbocycles. The molecule has 0 fully saturated rings. The van der Waals surface area contributed by atoms with E-state index in [2.05, 4.69) is 107 Å². The van der Waals surface area contributed by atoms with Crippen LogP contribution in [0.2, 0.25) is 5.04 Å². The molecular formula is C24H28OSi.